The molecule has 0 aromatic heterocycles. The highest BCUT2D eigenvalue weighted by Gasteiger charge is 2.23. The Morgan fingerprint density at radius 2 is 1.62 bits per heavy atom. The van der Waals surface area contributed by atoms with Crippen LogP contribution in [0.1, 0.15) is 12.0 Å². The molecule has 2 aromatic rings. The molecule has 0 saturated heterocycles. The van der Waals surface area contributed by atoms with E-state index in [0.717, 1.165) is 10.5 Å². The van der Waals surface area contributed by atoms with Crippen molar-refractivity contribution in [1.29, 1.82) is 0 Å². The molecule has 2 N–H and O–H groups in total. The molecule has 1 amide bonds. The molecule has 0 saturated carbocycles. The second-order valence-electron chi connectivity index (χ2n) is 5.42. The van der Waals surface area contributed by atoms with Crippen LogP contribution < -0.4 is 5.32 Å². The highest BCUT2D eigenvalue weighted by atomic mass is 32.2. The standard InChI is InChI=1S/C19H19NO5S/c21-17(11-18(22)23)16(13-26-15-9-5-2-6-10-15)20-19(24)25-12-14-7-3-1-4-8-14/h1-10,16H,11-13H2,(H,20,24)(H,22,23). The molecule has 0 aliphatic carbocycles. The average molecular weight is 373 g/mol. The first-order valence-electron chi connectivity index (χ1n) is 7.94. The predicted molar refractivity (Wildman–Crippen MR) is 98.0 cm³/mol. The topological polar surface area (TPSA) is 92.7 Å². The maximum Gasteiger partial charge on any atom is 0.408 e. The van der Waals surface area contributed by atoms with Crippen molar-refractivity contribution in [3.63, 3.8) is 0 Å². The fourth-order valence-electron chi connectivity index (χ4n) is 2.09. The van der Waals surface area contributed by atoms with E-state index in [1.165, 1.54) is 11.8 Å². The summed E-state index contributed by atoms with van der Waals surface area (Å²) in [5.41, 5.74) is 0.815. The zero-order valence-electron chi connectivity index (χ0n) is 14.0. The van der Waals surface area contributed by atoms with Crippen LogP contribution >= 0.6 is 11.8 Å². The summed E-state index contributed by atoms with van der Waals surface area (Å²) in [6.45, 7) is 0.0678. The Bertz CT molecular complexity index is 736. The van der Waals surface area contributed by atoms with Crippen LogP contribution in [0.25, 0.3) is 0 Å². The van der Waals surface area contributed by atoms with E-state index in [0.29, 0.717) is 0 Å². The minimum atomic E-state index is -1.23. The number of rotatable bonds is 9. The number of nitrogens with one attached hydrogen (secondary N) is 1. The van der Waals surface area contributed by atoms with Gasteiger partial charge in [0.1, 0.15) is 19.1 Å². The number of hydrogen-bond donors (Lipinski definition) is 2. The van der Waals surface area contributed by atoms with E-state index in [9.17, 15) is 14.4 Å². The predicted octanol–water partition coefficient (Wildman–Crippen LogP) is 3.12. The molecule has 0 aliphatic heterocycles. The van der Waals surface area contributed by atoms with Crippen LogP contribution in [0.15, 0.2) is 65.6 Å². The lowest BCUT2D eigenvalue weighted by atomic mass is 10.1. The monoisotopic (exact) mass is 373 g/mol. The lowest BCUT2D eigenvalue weighted by Gasteiger charge is -2.16. The number of carboxylic acid groups (broad SMARTS) is 1. The first kappa shape index (κ1) is 19.5. The highest BCUT2D eigenvalue weighted by Crippen LogP contribution is 2.18. The van der Waals surface area contributed by atoms with Crippen molar-refractivity contribution < 1.29 is 24.2 Å². The van der Waals surface area contributed by atoms with E-state index in [-0.39, 0.29) is 12.4 Å². The normalized spacial score (nSPS) is 11.4. The van der Waals surface area contributed by atoms with Crippen molar-refractivity contribution in [1.82, 2.24) is 5.32 Å². The van der Waals surface area contributed by atoms with Gasteiger partial charge in [-0.2, -0.15) is 0 Å². The minimum Gasteiger partial charge on any atom is -0.481 e. The van der Waals surface area contributed by atoms with E-state index in [4.69, 9.17) is 9.84 Å². The average Bonchev–Trinajstić information content (AvgIpc) is 2.64. The number of carboxylic acids is 1. The van der Waals surface area contributed by atoms with Crippen LogP contribution in [-0.2, 0) is 20.9 Å². The van der Waals surface area contributed by atoms with Crippen molar-refractivity contribution in [3.05, 3.63) is 66.2 Å². The number of hydrogen-bond acceptors (Lipinski definition) is 5. The number of Topliss-reactive ketones (excluding diaryl/α,β-unsaturated/α-hetero) is 1. The van der Waals surface area contributed by atoms with Crippen LogP contribution in [0.4, 0.5) is 4.79 Å². The highest BCUT2D eigenvalue weighted by molar-refractivity contribution is 7.99. The molecule has 26 heavy (non-hydrogen) atoms. The zero-order valence-corrected chi connectivity index (χ0v) is 14.8. The van der Waals surface area contributed by atoms with E-state index in [1.54, 1.807) is 0 Å². The summed E-state index contributed by atoms with van der Waals surface area (Å²) >= 11 is 1.36. The van der Waals surface area contributed by atoms with Crippen LogP contribution in [-0.4, -0.2) is 34.7 Å². The third-order valence-corrected chi connectivity index (χ3v) is 4.48. The number of thioether (sulfide) groups is 1. The second-order valence-corrected chi connectivity index (χ2v) is 6.51. The number of ether oxygens (including phenoxy) is 1. The zero-order chi connectivity index (χ0) is 18.8. The Kier molecular flexibility index (Phi) is 7.70. The molecule has 0 bridgehead atoms. The van der Waals surface area contributed by atoms with Crippen molar-refractivity contribution in [3.8, 4) is 0 Å². The Balaban J connectivity index is 1.92. The maximum atomic E-state index is 12.1. The first-order chi connectivity index (χ1) is 12.5. The summed E-state index contributed by atoms with van der Waals surface area (Å²) in [7, 11) is 0. The van der Waals surface area contributed by atoms with Gasteiger partial charge in [0.05, 0.1) is 0 Å². The fourth-order valence-corrected chi connectivity index (χ4v) is 3.07. The summed E-state index contributed by atoms with van der Waals surface area (Å²) in [4.78, 5) is 35.8. The van der Waals surface area contributed by atoms with Crippen LogP contribution in [0.2, 0.25) is 0 Å². The maximum absolute atomic E-state index is 12.1. The van der Waals surface area contributed by atoms with Crippen molar-refractivity contribution in [2.45, 2.75) is 24.0 Å². The molecule has 2 rings (SSSR count). The van der Waals surface area contributed by atoms with E-state index >= 15 is 0 Å². The van der Waals surface area contributed by atoms with Gasteiger partial charge in [-0.15, -0.1) is 11.8 Å². The van der Waals surface area contributed by atoms with Crippen LogP contribution in [0.3, 0.4) is 0 Å². The Morgan fingerprint density at radius 1 is 1.00 bits per heavy atom. The molecule has 136 valence electrons. The largest absolute Gasteiger partial charge is 0.481 e. The van der Waals surface area contributed by atoms with Gasteiger partial charge in [-0.1, -0.05) is 48.5 Å². The van der Waals surface area contributed by atoms with Gasteiger partial charge in [-0.05, 0) is 17.7 Å². The SMILES string of the molecule is O=C(O)CC(=O)C(CSc1ccccc1)NC(=O)OCc1ccccc1. The summed E-state index contributed by atoms with van der Waals surface area (Å²) in [6, 6.07) is 17.5. The summed E-state index contributed by atoms with van der Waals surface area (Å²) < 4.78 is 5.11. The number of aliphatic carboxylic acids is 1. The number of benzene rings is 2. The Hall–Kier alpha value is -2.80. The number of carbonyl (C=O) groups excluding carboxylic acids is 2. The Morgan fingerprint density at radius 3 is 2.23 bits per heavy atom. The van der Waals surface area contributed by atoms with Gasteiger partial charge in [0.25, 0.3) is 0 Å². The molecule has 1 unspecified atom stereocenters. The third-order valence-electron chi connectivity index (χ3n) is 3.38. The quantitative estimate of drug-likeness (QED) is 0.518. The second kappa shape index (κ2) is 10.2. The van der Waals surface area contributed by atoms with Crippen molar-refractivity contribution >= 4 is 29.6 Å². The summed E-state index contributed by atoms with van der Waals surface area (Å²) in [6.07, 6.45) is -1.41. The molecule has 0 spiro atoms. The van der Waals surface area contributed by atoms with E-state index < -0.39 is 30.3 Å². The number of ketones is 1. The molecule has 1 atom stereocenters. The van der Waals surface area contributed by atoms with Crippen LogP contribution in [0.5, 0.6) is 0 Å². The molecule has 0 heterocycles. The van der Waals surface area contributed by atoms with E-state index in [2.05, 4.69) is 5.32 Å². The fraction of sp³-hybridized carbons (Fsp3) is 0.211. The lowest BCUT2D eigenvalue weighted by molar-refractivity contribution is -0.140. The number of carbonyl (C=O) groups is 3. The molecule has 2 aromatic carbocycles. The van der Waals surface area contributed by atoms with Crippen molar-refractivity contribution in [2.24, 2.45) is 0 Å². The molecule has 7 heteroatoms. The minimum absolute atomic E-state index is 0.0678. The van der Waals surface area contributed by atoms with Gasteiger partial charge in [0.2, 0.25) is 0 Å². The van der Waals surface area contributed by atoms with Crippen LogP contribution in [0, 0.1) is 0 Å². The van der Waals surface area contributed by atoms with Gasteiger partial charge in [0, 0.05) is 10.6 Å². The third kappa shape index (κ3) is 6.98. The number of alkyl carbamates (subject to hydrolysis) is 1. The molecular formula is C19H19NO5S. The first-order valence-corrected chi connectivity index (χ1v) is 8.92. The molecule has 0 fully saturated rings. The van der Waals surface area contributed by atoms with Gasteiger partial charge >= 0.3 is 12.1 Å². The van der Waals surface area contributed by atoms with E-state index in [1.807, 2.05) is 60.7 Å². The van der Waals surface area contributed by atoms with Crippen molar-refractivity contribution in [2.75, 3.05) is 5.75 Å². The number of amides is 1. The molecule has 6 nitrogen and oxygen atoms in total. The van der Waals surface area contributed by atoms with Gasteiger partial charge in [-0.25, -0.2) is 4.79 Å². The van der Waals surface area contributed by atoms with Gasteiger partial charge < -0.3 is 15.2 Å². The smallest absolute Gasteiger partial charge is 0.408 e. The van der Waals surface area contributed by atoms with Gasteiger partial charge in [0.15, 0.2) is 5.78 Å². The summed E-state index contributed by atoms with van der Waals surface area (Å²) in [5, 5.41) is 11.3. The molecule has 0 aliphatic rings. The molecule has 0 radical (unpaired) electrons. The lowest BCUT2D eigenvalue weighted by Crippen LogP contribution is -2.43. The molecular weight excluding hydrogens is 354 g/mol. The van der Waals surface area contributed by atoms with Gasteiger partial charge in [-0.3, -0.25) is 9.59 Å². The summed E-state index contributed by atoms with van der Waals surface area (Å²) in [5.74, 6) is -1.59. The Labute approximate surface area is 155 Å².